The largest absolute Gasteiger partial charge is 0.366 e. The Morgan fingerprint density at radius 2 is 2.05 bits per heavy atom. The molecule has 3 nitrogen and oxygen atoms in total. The molecule has 3 heterocycles. The van der Waals surface area contributed by atoms with Gasteiger partial charge in [0.2, 0.25) is 0 Å². The van der Waals surface area contributed by atoms with Gasteiger partial charge in [0, 0.05) is 35.9 Å². The van der Waals surface area contributed by atoms with Crippen LogP contribution in [0.2, 0.25) is 0 Å². The molecular formula is C17H21N3. The fourth-order valence-electron chi connectivity index (χ4n) is 3.88. The predicted molar refractivity (Wildman–Crippen MR) is 83.1 cm³/mol. The summed E-state index contributed by atoms with van der Waals surface area (Å²) in [6, 6.07) is 12.0. The van der Waals surface area contributed by atoms with Crippen LogP contribution in [0.4, 0.5) is 5.69 Å². The van der Waals surface area contributed by atoms with E-state index in [9.17, 15) is 0 Å². The summed E-state index contributed by atoms with van der Waals surface area (Å²) >= 11 is 0. The Labute approximate surface area is 120 Å². The van der Waals surface area contributed by atoms with E-state index in [0.717, 1.165) is 5.52 Å². The Kier molecular flexibility index (Phi) is 3.07. The van der Waals surface area contributed by atoms with Gasteiger partial charge in [0.25, 0.3) is 0 Å². The number of benzene rings is 1. The van der Waals surface area contributed by atoms with Crippen molar-refractivity contribution >= 4 is 16.6 Å². The number of pyridine rings is 1. The minimum atomic E-state index is 0.656. The van der Waals surface area contributed by atoms with E-state index >= 15 is 0 Å². The van der Waals surface area contributed by atoms with Gasteiger partial charge in [-0.1, -0.05) is 18.2 Å². The Bertz CT molecular complexity index is 599. The maximum absolute atomic E-state index is 4.49. The van der Waals surface area contributed by atoms with Crippen molar-refractivity contribution in [3.63, 3.8) is 0 Å². The van der Waals surface area contributed by atoms with Gasteiger partial charge in [-0.2, -0.15) is 0 Å². The molecule has 1 N–H and O–H groups in total. The van der Waals surface area contributed by atoms with E-state index in [-0.39, 0.29) is 0 Å². The van der Waals surface area contributed by atoms with Crippen molar-refractivity contribution in [1.82, 2.24) is 10.3 Å². The highest BCUT2D eigenvalue weighted by molar-refractivity contribution is 5.91. The average molecular weight is 267 g/mol. The lowest BCUT2D eigenvalue weighted by Crippen LogP contribution is -2.44. The molecule has 1 aromatic heterocycles. The molecule has 2 fully saturated rings. The fourth-order valence-corrected chi connectivity index (χ4v) is 3.88. The molecule has 2 unspecified atom stereocenters. The molecule has 0 spiro atoms. The van der Waals surface area contributed by atoms with Crippen LogP contribution < -0.4 is 10.2 Å². The van der Waals surface area contributed by atoms with Crippen LogP contribution >= 0.6 is 0 Å². The second-order valence-electron chi connectivity index (χ2n) is 5.95. The van der Waals surface area contributed by atoms with Crippen LogP contribution in [-0.4, -0.2) is 30.2 Å². The second-order valence-corrected chi connectivity index (χ2v) is 5.95. The summed E-state index contributed by atoms with van der Waals surface area (Å²) in [5.74, 6) is 0. The smallest absolute Gasteiger partial charge is 0.0722 e. The van der Waals surface area contributed by atoms with Crippen molar-refractivity contribution in [2.45, 2.75) is 37.8 Å². The number of para-hydroxylation sites is 1. The molecule has 0 amide bonds. The van der Waals surface area contributed by atoms with Crippen molar-refractivity contribution < 1.29 is 0 Å². The van der Waals surface area contributed by atoms with Gasteiger partial charge in [0.15, 0.2) is 0 Å². The first-order chi connectivity index (χ1) is 9.93. The predicted octanol–water partition coefficient (Wildman–Crippen LogP) is 2.96. The van der Waals surface area contributed by atoms with Crippen LogP contribution in [0.25, 0.3) is 10.9 Å². The van der Waals surface area contributed by atoms with Gasteiger partial charge < -0.3 is 10.2 Å². The average Bonchev–Trinajstić information content (AvgIpc) is 3.17. The first-order valence-corrected chi connectivity index (χ1v) is 7.77. The number of hydrogen-bond donors (Lipinski definition) is 1. The van der Waals surface area contributed by atoms with Gasteiger partial charge in [-0.25, -0.2) is 0 Å². The van der Waals surface area contributed by atoms with Crippen LogP contribution in [0, 0.1) is 0 Å². The Hall–Kier alpha value is -1.61. The quantitative estimate of drug-likeness (QED) is 0.906. The van der Waals surface area contributed by atoms with E-state index in [2.05, 4.69) is 45.5 Å². The molecule has 2 saturated heterocycles. The lowest BCUT2D eigenvalue weighted by atomic mass is 10.0. The molecule has 104 valence electrons. The van der Waals surface area contributed by atoms with Crippen molar-refractivity contribution in [3.05, 3.63) is 36.5 Å². The van der Waals surface area contributed by atoms with Crippen molar-refractivity contribution in [2.75, 3.05) is 18.0 Å². The second kappa shape index (κ2) is 5.06. The molecular weight excluding hydrogens is 246 g/mol. The Morgan fingerprint density at radius 1 is 1.10 bits per heavy atom. The van der Waals surface area contributed by atoms with Gasteiger partial charge in [-0.15, -0.1) is 0 Å². The number of rotatable bonds is 2. The summed E-state index contributed by atoms with van der Waals surface area (Å²) in [6.45, 7) is 2.36. The molecule has 2 aliphatic rings. The summed E-state index contributed by atoms with van der Waals surface area (Å²) < 4.78 is 0. The molecule has 2 aromatic rings. The molecule has 2 atom stereocenters. The zero-order valence-corrected chi connectivity index (χ0v) is 11.8. The molecule has 0 radical (unpaired) electrons. The maximum atomic E-state index is 4.49. The van der Waals surface area contributed by atoms with Crippen LogP contribution in [0.5, 0.6) is 0 Å². The SMILES string of the molecule is c1ccc2c(N3CCCC3C3CCCN3)ccnc2c1. The van der Waals surface area contributed by atoms with Crippen molar-refractivity contribution in [1.29, 1.82) is 0 Å². The normalized spacial score (nSPS) is 26.5. The zero-order chi connectivity index (χ0) is 13.4. The highest BCUT2D eigenvalue weighted by Crippen LogP contribution is 2.33. The third kappa shape index (κ3) is 1.97. The van der Waals surface area contributed by atoms with Crippen LogP contribution in [0.3, 0.4) is 0 Å². The molecule has 0 bridgehead atoms. The first kappa shape index (κ1) is 12.2. The lowest BCUT2D eigenvalue weighted by Gasteiger charge is -2.32. The van der Waals surface area contributed by atoms with E-state index in [1.165, 1.54) is 49.8 Å². The third-order valence-corrected chi connectivity index (χ3v) is 4.80. The molecule has 4 rings (SSSR count). The minimum Gasteiger partial charge on any atom is -0.366 e. The van der Waals surface area contributed by atoms with Gasteiger partial charge in [0.1, 0.15) is 0 Å². The molecule has 0 saturated carbocycles. The first-order valence-electron chi connectivity index (χ1n) is 7.77. The number of nitrogens with zero attached hydrogens (tertiary/aromatic N) is 2. The third-order valence-electron chi connectivity index (χ3n) is 4.80. The summed E-state index contributed by atoms with van der Waals surface area (Å²) in [6.07, 6.45) is 7.22. The summed E-state index contributed by atoms with van der Waals surface area (Å²) in [7, 11) is 0. The van der Waals surface area contributed by atoms with Crippen LogP contribution in [-0.2, 0) is 0 Å². The Morgan fingerprint density at radius 3 is 2.95 bits per heavy atom. The van der Waals surface area contributed by atoms with Gasteiger partial charge in [0.05, 0.1) is 5.52 Å². The van der Waals surface area contributed by atoms with E-state index in [1.807, 2.05) is 6.20 Å². The van der Waals surface area contributed by atoms with E-state index in [0.29, 0.717) is 12.1 Å². The highest BCUT2D eigenvalue weighted by atomic mass is 15.2. The molecule has 3 heteroatoms. The van der Waals surface area contributed by atoms with E-state index in [1.54, 1.807) is 0 Å². The number of anilines is 1. The van der Waals surface area contributed by atoms with Gasteiger partial charge in [-0.05, 0) is 44.4 Å². The van der Waals surface area contributed by atoms with Gasteiger partial charge in [-0.3, -0.25) is 4.98 Å². The highest BCUT2D eigenvalue weighted by Gasteiger charge is 2.33. The zero-order valence-electron chi connectivity index (χ0n) is 11.8. The van der Waals surface area contributed by atoms with E-state index in [4.69, 9.17) is 0 Å². The molecule has 20 heavy (non-hydrogen) atoms. The Balaban J connectivity index is 1.74. The molecule has 0 aliphatic carbocycles. The number of hydrogen-bond acceptors (Lipinski definition) is 3. The summed E-state index contributed by atoms with van der Waals surface area (Å²) in [5, 5.41) is 4.98. The summed E-state index contributed by atoms with van der Waals surface area (Å²) in [4.78, 5) is 7.11. The minimum absolute atomic E-state index is 0.656. The summed E-state index contributed by atoms with van der Waals surface area (Å²) in [5.41, 5.74) is 2.47. The van der Waals surface area contributed by atoms with Crippen molar-refractivity contribution in [2.24, 2.45) is 0 Å². The number of nitrogens with one attached hydrogen (secondary N) is 1. The monoisotopic (exact) mass is 267 g/mol. The van der Waals surface area contributed by atoms with Crippen molar-refractivity contribution in [3.8, 4) is 0 Å². The number of fused-ring (bicyclic) bond motifs is 1. The number of aromatic nitrogens is 1. The van der Waals surface area contributed by atoms with Crippen LogP contribution in [0.1, 0.15) is 25.7 Å². The lowest BCUT2D eigenvalue weighted by molar-refractivity contribution is 0.483. The topological polar surface area (TPSA) is 28.2 Å². The van der Waals surface area contributed by atoms with E-state index < -0.39 is 0 Å². The molecule has 1 aromatic carbocycles. The van der Waals surface area contributed by atoms with Gasteiger partial charge >= 0.3 is 0 Å². The maximum Gasteiger partial charge on any atom is 0.0722 e. The van der Waals surface area contributed by atoms with Crippen LogP contribution in [0.15, 0.2) is 36.5 Å². The standard InChI is InChI=1S/C17H21N3/c1-2-6-14-13(5-1)16(9-11-19-14)20-12-4-8-17(20)15-7-3-10-18-15/h1-2,5-6,9,11,15,17-18H,3-4,7-8,10,12H2. The molecule has 2 aliphatic heterocycles. The fraction of sp³-hybridized carbons (Fsp3) is 0.471.